The summed E-state index contributed by atoms with van der Waals surface area (Å²) >= 11 is 0. The minimum Gasteiger partial charge on any atom is -0.381 e. The molecular formula is C17H22N4O2. The Balaban J connectivity index is 1.59. The first-order chi connectivity index (χ1) is 11.1. The number of carbonyl (C=O) groups excluding carboxylic acids is 1. The molecule has 2 heterocycles. The number of carbonyl (C=O) groups is 1. The Morgan fingerprint density at radius 2 is 2.17 bits per heavy atom. The third-order valence-electron chi connectivity index (χ3n) is 5.72. The van der Waals surface area contributed by atoms with Crippen LogP contribution >= 0.6 is 0 Å². The smallest absolute Gasteiger partial charge is 0.254 e. The molecule has 0 unspecified atom stereocenters. The topological polar surface area (TPSA) is 71.1 Å². The van der Waals surface area contributed by atoms with E-state index in [0.29, 0.717) is 17.7 Å². The zero-order chi connectivity index (χ0) is 16.0. The summed E-state index contributed by atoms with van der Waals surface area (Å²) in [6.07, 6.45) is 4.48. The number of aromatic nitrogens is 3. The molecule has 2 aliphatic rings. The van der Waals surface area contributed by atoms with E-state index in [1.807, 2.05) is 18.2 Å². The molecule has 2 fully saturated rings. The number of likely N-dealkylation sites (tertiary alicyclic amines) is 1. The molecule has 23 heavy (non-hydrogen) atoms. The molecule has 1 saturated heterocycles. The zero-order valence-corrected chi connectivity index (χ0v) is 13.6. The lowest BCUT2D eigenvalue weighted by Gasteiger charge is -2.42. The van der Waals surface area contributed by atoms with Crippen molar-refractivity contribution in [2.24, 2.45) is 5.41 Å². The van der Waals surface area contributed by atoms with Crippen molar-refractivity contribution in [3.05, 3.63) is 23.8 Å². The van der Waals surface area contributed by atoms with Crippen LogP contribution in [0.25, 0.3) is 11.0 Å². The van der Waals surface area contributed by atoms with Crippen LogP contribution in [0.3, 0.4) is 0 Å². The van der Waals surface area contributed by atoms with Crippen LogP contribution in [0.2, 0.25) is 0 Å². The second kappa shape index (κ2) is 5.30. The number of nitrogens with one attached hydrogen (secondary N) is 1. The summed E-state index contributed by atoms with van der Waals surface area (Å²) in [6.45, 7) is 3.13. The van der Waals surface area contributed by atoms with Crippen LogP contribution in [0.15, 0.2) is 18.2 Å². The minimum atomic E-state index is 0.111. The quantitative estimate of drug-likeness (QED) is 0.924. The first-order valence-electron chi connectivity index (χ1n) is 8.25. The van der Waals surface area contributed by atoms with Gasteiger partial charge in [-0.3, -0.25) is 4.79 Å². The molecule has 1 amide bonds. The van der Waals surface area contributed by atoms with Crippen LogP contribution in [0.1, 0.15) is 43.0 Å². The zero-order valence-electron chi connectivity index (χ0n) is 13.6. The Labute approximate surface area is 135 Å². The van der Waals surface area contributed by atoms with Crippen molar-refractivity contribution in [3.8, 4) is 0 Å². The fourth-order valence-corrected chi connectivity index (χ4v) is 4.37. The fraction of sp³-hybridized carbons (Fsp3) is 0.588. The molecule has 0 spiro atoms. The summed E-state index contributed by atoms with van der Waals surface area (Å²) in [4.78, 5) is 15.1. The van der Waals surface area contributed by atoms with Gasteiger partial charge < -0.3 is 9.64 Å². The molecule has 122 valence electrons. The molecule has 6 heteroatoms. The SMILES string of the molecule is CO[C@@H]1CC[C@H]2N(C(=O)c3ccc4n[nH]nc4c3)CC[C@@]2(C)C1. The van der Waals surface area contributed by atoms with Gasteiger partial charge in [0.25, 0.3) is 5.91 Å². The summed E-state index contributed by atoms with van der Waals surface area (Å²) in [6, 6.07) is 5.85. The van der Waals surface area contributed by atoms with E-state index in [9.17, 15) is 4.79 Å². The molecule has 3 atom stereocenters. The summed E-state index contributed by atoms with van der Waals surface area (Å²) in [5.74, 6) is 0.111. The van der Waals surface area contributed by atoms with Gasteiger partial charge in [-0.15, -0.1) is 0 Å². The molecule has 1 aromatic heterocycles. The monoisotopic (exact) mass is 314 g/mol. The molecule has 4 rings (SSSR count). The van der Waals surface area contributed by atoms with Gasteiger partial charge in [0, 0.05) is 25.3 Å². The predicted molar refractivity (Wildman–Crippen MR) is 86.1 cm³/mol. The number of benzene rings is 1. The Morgan fingerprint density at radius 1 is 1.35 bits per heavy atom. The van der Waals surface area contributed by atoms with E-state index in [0.717, 1.165) is 43.3 Å². The molecule has 1 aliphatic carbocycles. The number of hydrogen-bond donors (Lipinski definition) is 1. The Kier molecular flexibility index (Phi) is 3.37. The molecular weight excluding hydrogens is 292 g/mol. The highest BCUT2D eigenvalue weighted by atomic mass is 16.5. The first-order valence-corrected chi connectivity index (χ1v) is 8.25. The van der Waals surface area contributed by atoms with E-state index >= 15 is 0 Å². The number of rotatable bonds is 2. The number of fused-ring (bicyclic) bond motifs is 2. The maximum absolute atomic E-state index is 13.0. The summed E-state index contributed by atoms with van der Waals surface area (Å²) in [5, 5.41) is 10.7. The summed E-state index contributed by atoms with van der Waals surface area (Å²) < 4.78 is 5.56. The van der Waals surface area contributed by atoms with Crippen LogP contribution in [-0.2, 0) is 4.74 Å². The van der Waals surface area contributed by atoms with E-state index < -0.39 is 0 Å². The summed E-state index contributed by atoms with van der Waals surface area (Å²) in [5.41, 5.74) is 2.39. The molecule has 2 aromatic rings. The van der Waals surface area contributed by atoms with E-state index in [1.165, 1.54) is 0 Å². The minimum absolute atomic E-state index is 0.111. The molecule has 1 saturated carbocycles. The molecule has 6 nitrogen and oxygen atoms in total. The standard InChI is InChI=1S/C17H22N4O2/c1-17-7-8-21(15(17)6-4-12(10-17)23-2)16(22)11-3-5-13-14(9-11)19-20-18-13/h3,5,9,12,15H,4,6-8,10H2,1-2H3,(H,18,19,20)/t12-,15-,17+/m1/s1. The highest BCUT2D eigenvalue weighted by molar-refractivity contribution is 5.97. The van der Waals surface area contributed by atoms with Gasteiger partial charge in [-0.05, 0) is 49.3 Å². The van der Waals surface area contributed by atoms with Gasteiger partial charge in [-0.2, -0.15) is 15.4 Å². The Hall–Kier alpha value is -1.95. The van der Waals surface area contributed by atoms with Crippen molar-refractivity contribution in [3.63, 3.8) is 0 Å². The summed E-state index contributed by atoms with van der Waals surface area (Å²) in [7, 11) is 1.79. The number of amides is 1. The first kappa shape index (κ1) is 14.6. The van der Waals surface area contributed by atoms with Crippen molar-refractivity contribution >= 4 is 16.9 Å². The highest BCUT2D eigenvalue weighted by Gasteiger charge is 2.49. The average molecular weight is 314 g/mol. The van der Waals surface area contributed by atoms with Crippen LogP contribution in [0.4, 0.5) is 0 Å². The Morgan fingerprint density at radius 3 is 3.00 bits per heavy atom. The fourth-order valence-electron chi connectivity index (χ4n) is 4.37. The number of hydrogen-bond acceptors (Lipinski definition) is 4. The molecule has 1 aromatic carbocycles. The maximum atomic E-state index is 13.0. The molecule has 1 aliphatic heterocycles. The van der Waals surface area contributed by atoms with Gasteiger partial charge >= 0.3 is 0 Å². The van der Waals surface area contributed by atoms with Gasteiger partial charge in [0.05, 0.1) is 6.10 Å². The van der Waals surface area contributed by atoms with E-state index in [-0.39, 0.29) is 11.3 Å². The lowest BCUT2D eigenvalue weighted by atomic mass is 9.71. The van der Waals surface area contributed by atoms with Crippen molar-refractivity contribution in [1.82, 2.24) is 20.3 Å². The van der Waals surface area contributed by atoms with E-state index in [1.54, 1.807) is 7.11 Å². The van der Waals surface area contributed by atoms with Crippen LogP contribution in [-0.4, -0.2) is 52.0 Å². The molecule has 1 N–H and O–H groups in total. The number of H-pyrrole nitrogens is 1. The largest absolute Gasteiger partial charge is 0.381 e. The van der Waals surface area contributed by atoms with Crippen molar-refractivity contribution in [2.45, 2.75) is 44.8 Å². The number of ether oxygens (including phenoxy) is 1. The lowest BCUT2D eigenvalue weighted by molar-refractivity contribution is -0.00276. The van der Waals surface area contributed by atoms with Gasteiger partial charge in [0.2, 0.25) is 0 Å². The van der Waals surface area contributed by atoms with E-state index in [2.05, 4.69) is 27.2 Å². The van der Waals surface area contributed by atoms with Crippen LogP contribution in [0, 0.1) is 5.41 Å². The van der Waals surface area contributed by atoms with Crippen molar-refractivity contribution < 1.29 is 9.53 Å². The third-order valence-corrected chi connectivity index (χ3v) is 5.72. The normalized spacial score (nSPS) is 30.6. The highest BCUT2D eigenvalue weighted by Crippen LogP contribution is 2.47. The predicted octanol–water partition coefficient (Wildman–Crippen LogP) is 2.38. The number of methoxy groups -OCH3 is 1. The number of aromatic amines is 1. The van der Waals surface area contributed by atoms with Gasteiger partial charge in [0.1, 0.15) is 11.0 Å². The van der Waals surface area contributed by atoms with Crippen molar-refractivity contribution in [2.75, 3.05) is 13.7 Å². The van der Waals surface area contributed by atoms with Crippen LogP contribution < -0.4 is 0 Å². The van der Waals surface area contributed by atoms with Gasteiger partial charge in [-0.1, -0.05) is 6.92 Å². The van der Waals surface area contributed by atoms with Gasteiger partial charge in [0.15, 0.2) is 0 Å². The average Bonchev–Trinajstić information content (AvgIpc) is 3.16. The second-order valence-electron chi connectivity index (χ2n) is 7.08. The molecule has 0 bridgehead atoms. The lowest BCUT2D eigenvalue weighted by Crippen LogP contribution is -2.46. The maximum Gasteiger partial charge on any atom is 0.254 e. The molecule has 0 radical (unpaired) electrons. The van der Waals surface area contributed by atoms with Crippen LogP contribution in [0.5, 0.6) is 0 Å². The number of nitrogens with zero attached hydrogens (tertiary/aromatic N) is 3. The van der Waals surface area contributed by atoms with Crippen molar-refractivity contribution in [1.29, 1.82) is 0 Å². The third kappa shape index (κ3) is 2.32. The Bertz CT molecular complexity index is 743. The van der Waals surface area contributed by atoms with E-state index in [4.69, 9.17) is 4.74 Å². The van der Waals surface area contributed by atoms with Gasteiger partial charge in [-0.25, -0.2) is 0 Å². The second-order valence-corrected chi connectivity index (χ2v) is 7.08.